The van der Waals surface area contributed by atoms with Gasteiger partial charge in [0.05, 0.1) is 11.4 Å². The maximum absolute atomic E-state index is 13.4. The van der Waals surface area contributed by atoms with Crippen molar-refractivity contribution in [2.24, 2.45) is 0 Å². The average molecular weight is 257 g/mol. The van der Waals surface area contributed by atoms with Crippen LogP contribution in [-0.2, 0) is 0 Å². The summed E-state index contributed by atoms with van der Waals surface area (Å²) in [6.07, 6.45) is 0.894. The topological polar surface area (TPSA) is 32.5 Å². The molecule has 0 aliphatic heterocycles. The van der Waals surface area contributed by atoms with Crippen molar-refractivity contribution in [3.63, 3.8) is 0 Å². The Labute approximate surface area is 107 Å². The van der Waals surface area contributed by atoms with Crippen LogP contribution >= 0.6 is 0 Å². The molecule has 102 valence electrons. The van der Waals surface area contributed by atoms with Crippen LogP contribution in [0.3, 0.4) is 0 Å². The fourth-order valence-electron chi connectivity index (χ4n) is 1.78. The van der Waals surface area contributed by atoms with Crippen LogP contribution in [0.2, 0.25) is 0 Å². The third kappa shape index (κ3) is 3.84. The standard InChI is InChI=1S/C13H21F2N3/c1-4-5-18(7-6-17(2)3)12-9-10(14)8-11(15)13(12)16/h8-9H,4-7,16H2,1-3H3. The first-order valence-electron chi connectivity index (χ1n) is 6.10. The quantitative estimate of drug-likeness (QED) is 0.794. The largest absolute Gasteiger partial charge is 0.395 e. The Balaban J connectivity index is 2.97. The molecule has 0 aromatic heterocycles. The summed E-state index contributed by atoms with van der Waals surface area (Å²) in [6, 6.07) is 2.11. The lowest BCUT2D eigenvalue weighted by Gasteiger charge is -2.27. The van der Waals surface area contributed by atoms with Crippen molar-refractivity contribution in [2.45, 2.75) is 13.3 Å². The van der Waals surface area contributed by atoms with Crippen molar-refractivity contribution in [1.29, 1.82) is 0 Å². The van der Waals surface area contributed by atoms with Crippen molar-refractivity contribution in [3.8, 4) is 0 Å². The lowest BCUT2D eigenvalue weighted by atomic mass is 10.2. The van der Waals surface area contributed by atoms with E-state index in [9.17, 15) is 8.78 Å². The van der Waals surface area contributed by atoms with Crippen molar-refractivity contribution in [1.82, 2.24) is 4.90 Å². The predicted molar refractivity (Wildman–Crippen MR) is 71.8 cm³/mol. The molecule has 0 spiro atoms. The molecule has 18 heavy (non-hydrogen) atoms. The predicted octanol–water partition coefficient (Wildman–Crippen LogP) is 2.33. The maximum Gasteiger partial charge on any atom is 0.151 e. The minimum absolute atomic E-state index is 0.0172. The molecule has 0 aliphatic carbocycles. The molecule has 2 N–H and O–H groups in total. The van der Waals surface area contributed by atoms with E-state index in [0.29, 0.717) is 12.2 Å². The van der Waals surface area contributed by atoms with E-state index in [4.69, 9.17) is 5.73 Å². The van der Waals surface area contributed by atoms with E-state index in [2.05, 4.69) is 0 Å². The monoisotopic (exact) mass is 257 g/mol. The molecular formula is C13H21F2N3. The molecule has 1 rings (SSSR count). The highest BCUT2D eigenvalue weighted by atomic mass is 19.1. The summed E-state index contributed by atoms with van der Waals surface area (Å²) >= 11 is 0. The van der Waals surface area contributed by atoms with Crippen LogP contribution in [0.15, 0.2) is 12.1 Å². The molecule has 0 fully saturated rings. The third-order valence-electron chi connectivity index (χ3n) is 2.72. The van der Waals surface area contributed by atoms with E-state index in [0.717, 1.165) is 25.6 Å². The lowest BCUT2D eigenvalue weighted by molar-refractivity contribution is 0.413. The summed E-state index contributed by atoms with van der Waals surface area (Å²) in [6.45, 7) is 4.24. The second kappa shape index (κ2) is 6.54. The van der Waals surface area contributed by atoms with Gasteiger partial charge in [0, 0.05) is 25.7 Å². The van der Waals surface area contributed by atoms with Gasteiger partial charge < -0.3 is 15.5 Å². The summed E-state index contributed by atoms with van der Waals surface area (Å²) in [4.78, 5) is 3.94. The zero-order valence-electron chi connectivity index (χ0n) is 11.2. The molecule has 0 radical (unpaired) electrons. The van der Waals surface area contributed by atoms with E-state index in [1.165, 1.54) is 6.07 Å². The number of nitrogen functional groups attached to an aromatic ring is 1. The molecule has 0 saturated heterocycles. The van der Waals surface area contributed by atoms with Gasteiger partial charge in [-0.15, -0.1) is 0 Å². The van der Waals surface area contributed by atoms with Gasteiger partial charge in [0.25, 0.3) is 0 Å². The number of anilines is 2. The summed E-state index contributed by atoms with van der Waals surface area (Å²) in [5, 5.41) is 0. The summed E-state index contributed by atoms with van der Waals surface area (Å²) < 4.78 is 26.7. The number of nitrogens with zero attached hydrogens (tertiary/aromatic N) is 2. The zero-order chi connectivity index (χ0) is 13.7. The molecule has 0 unspecified atom stereocenters. The minimum atomic E-state index is -0.698. The van der Waals surface area contributed by atoms with Gasteiger partial charge in [-0.25, -0.2) is 8.78 Å². The highest BCUT2D eigenvalue weighted by molar-refractivity contribution is 5.68. The molecule has 1 aromatic carbocycles. The number of rotatable bonds is 6. The van der Waals surface area contributed by atoms with Crippen molar-refractivity contribution in [2.75, 3.05) is 44.4 Å². The Morgan fingerprint density at radius 1 is 1.11 bits per heavy atom. The molecule has 0 amide bonds. The Morgan fingerprint density at radius 3 is 2.33 bits per heavy atom. The van der Waals surface area contributed by atoms with E-state index in [1.54, 1.807) is 0 Å². The highest BCUT2D eigenvalue weighted by Crippen LogP contribution is 2.27. The van der Waals surface area contributed by atoms with Crippen molar-refractivity contribution < 1.29 is 8.78 Å². The van der Waals surface area contributed by atoms with Crippen molar-refractivity contribution >= 4 is 11.4 Å². The molecular weight excluding hydrogens is 236 g/mol. The normalized spacial score (nSPS) is 11.0. The van der Waals surface area contributed by atoms with Crippen LogP contribution in [0.4, 0.5) is 20.2 Å². The average Bonchev–Trinajstić information content (AvgIpc) is 2.29. The molecule has 0 aliphatic rings. The van der Waals surface area contributed by atoms with Crippen LogP contribution in [0.1, 0.15) is 13.3 Å². The number of hydrogen-bond donors (Lipinski definition) is 1. The Morgan fingerprint density at radius 2 is 1.78 bits per heavy atom. The van der Waals surface area contributed by atoms with Crippen LogP contribution in [0.25, 0.3) is 0 Å². The smallest absolute Gasteiger partial charge is 0.151 e. The molecule has 5 heteroatoms. The fraction of sp³-hybridized carbons (Fsp3) is 0.538. The van der Waals surface area contributed by atoms with Crippen molar-refractivity contribution in [3.05, 3.63) is 23.8 Å². The van der Waals surface area contributed by atoms with Gasteiger partial charge in [0.1, 0.15) is 5.82 Å². The summed E-state index contributed by atoms with van der Waals surface area (Å²) in [7, 11) is 3.92. The van der Waals surface area contributed by atoms with Crippen LogP contribution in [-0.4, -0.2) is 38.6 Å². The molecule has 3 nitrogen and oxygen atoms in total. The van der Waals surface area contributed by atoms with E-state index >= 15 is 0 Å². The van der Waals surface area contributed by atoms with Gasteiger partial charge in [-0.2, -0.15) is 0 Å². The second-order valence-corrected chi connectivity index (χ2v) is 4.61. The van der Waals surface area contributed by atoms with Gasteiger partial charge in [-0.05, 0) is 26.6 Å². The van der Waals surface area contributed by atoms with Crippen LogP contribution < -0.4 is 10.6 Å². The molecule has 0 heterocycles. The first-order valence-corrected chi connectivity index (χ1v) is 6.10. The Hall–Kier alpha value is -1.36. The minimum Gasteiger partial charge on any atom is -0.395 e. The second-order valence-electron chi connectivity index (χ2n) is 4.61. The van der Waals surface area contributed by atoms with Gasteiger partial charge >= 0.3 is 0 Å². The number of nitrogens with two attached hydrogens (primary N) is 1. The van der Waals surface area contributed by atoms with E-state index in [1.807, 2.05) is 30.8 Å². The molecule has 0 atom stereocenters. The number of hydrogen-bond acceptors (Lipinski definition) is 3. The maximum atomic E-state index is 13.4. The van der Waals surface area contributed by atoms with Gasteiger partial charge in [0.15, 0.2) is 5.82 Å². The summed E-state index contributed by atoms with van der Waals surface area (Å²) in [5.41, 5.74) is 6.15. The van der Waals surface area contributed by atoms with E-state index < -0.39 is 11.6 Å². The van der Waals surface area contributed by atoms with Gasteiger partial charge in [0.2, 0.25) is 0 Å². The lowest BCUT2D eigenvalue weighted by Crippen LogP contribution is -2.33. The Bertz CT molecular complexity index is 394. The Kier molecular flexibility index (Phi) is 5.34. The number of benzene rings is 1. The first-order chi connectivity index (χ1) is 8.45. The third-order valence-corrected chi connectivity index (χ3v) is 2.72. The highest BCUT2D eigenvalue weighted by Gasteiger charge is 2.14. The van der Waals surface area contributed by atoms with Crippen LogP contribution in [0, 0.1) is 11.6 Å². The van der Waals surface area contributed by atoms with Crippen LogP contribution in [0.5, 0.6) is 0 Å². The number of halogens is 2. The van der Waals surface area contributed by atoms with Gasteiger partial charge in [-0.1, -0.05) is 6.92 Å². The van der Waals surface area contributed by atoms with E-state index in [-0.39, 0.29) is 5.69 Å². The first kappa shape index (κ1) is 14.7. The molecule has 0 bridgehead atoms. The van der Waals surface area contributed by atoms with Gasteiger partial charge in [-0.3, -0.25) is 0 Å². The SMILES string of the molecule is CCCN(CCN(C)C)c1cc(F)cc(F)c1N. The zero-order valence-corrected chi connectivity index (χ0v) is 11.2. The molecule has 1 aromatic rings. The summed E-state index contributed by atoms with van der Waals surface area (Å²) in [5.74, 6) is -1.29. The molecule has 0 saturated carbocycles. The fourth-order valence-corrected chi connectivity index (χ4v) is 1.78. The number of likely N-dealkylation sites (N-methyl/N-ethyl adjacent to an activating group) is 1.